The number of allylic oxidation sites excluding steroid dienone is 1. The van der Waals surface area contributed by atoms with E-state index in [-0.39, 0.29) is 11.3 Å². The molecule has 2 aromatic carbocycles. The van der Waals surface area contributed by atoms with E-state index >= 15 is 0 Å². The molecule has 0 saturated heterocycles. The van der Waals surface area contributed by atoms with Crippen molar-refractivity contribution in [2.75, 3.05) is 13.2 Å². The van der Waals surface area contributed by atoms with E-state index in [0.717, 1.165) is 29.4 Å². The van der Waals surface area contributed by atoms with Crippen LogP contribution in [0.5, 0.6) is 17.2 Å². The average molecular weight is 464 g/mol. The Hall–Kier alpha value is -3.21. The maximum absolute atomic E-state index is 12.9. The van der Waals surface area contributed by atoms with Gasteiger partial charge in [0.2, 0.25) is 5.75 Å². The molecule has 1 N–H and O–H groups in total. The summed E-state index contributed by atoms with van der Waals surface area (Å²) in [5, 5.41) is 0.798. The van der Waals surface area contributed by atoms with Crippen LogP contribution in [0.3, 0.4) is 0 Å². The van der Waals surface area contributed by atoms with Crippen molar-refractivity contribution in [2.24, 2.45) is 0 Å². The van der Waals surface area contributed by atoms with Crippen molar-refractivity contribution in [1.82, 2.24) is 4.98 Å². The first kappa shape index (κ1) is 25.4. The minimum absolute atomic E-state index is 0.251. The number of hydrogen-bond acceptors (Lipinski definition) is 4. The fraction of sp³-hybridized carbons (Fsp3) is 0.414. The minimum atomic E-state index is -0.286. The molecule has 34 heavy (non-hydrogen) atoms. The number of benzene rings is 2. The van der Waals surface area contributed by atoms with Crippen molar-refractivity contribution < 1.29 is 14.2 Å². The third kappa shape index (κ3) is 7.68. The molecule has 0 aliphatic carbocycles. The van der Waals surface area contributed by atoms with Crippen LogP contribution in [-0.2, 0) is 6.61 Å². The van der Waals surface area contributed by atoms with E-state index in [1.54, 1.807) is 0 Å². The van der Waals surface area contributed by atoms with Crippen LogP contribution < -0.4 is 19.8 Å². The summed E-state index contributed by atoms with van der Waals surface area (Å²) in [5.41, 5.74) is 2.61. The van der Waals surface area contributed by atoms with Gasteiger partial charge in [-0.15, -0.1) is 0 Å². The topological polar surface area (TPSA) is 60.6 Å². The van der Waals surface area contributed by atoms with Gasteiger partial charge in [-0.05, 0) is 44.0 Å². The molecule has 0 amide bonds. The van der Waals surface area contributed by atoms with E-state index in [0.29, 0.717) is 36.8 Å². The normalized spacial score (nSPS) is 10.8. The Morgan fingerprint density at radius 3 is 2.41 bits per heavy atom. The first-order valence-corrected chi connectivity index (χ1v) is 12.3. The Morgan fingerprint density at radius 2 is 1.65 bits per heavy atom. The van der Waals surface area contributed by atoms with E-state index in [2.05, 4.69) is 11.9 Å². The van der Waals surface area contributed by atoms with Gasteiger partial charge in [0.25, 0.3) is 5.56 Å². The molecule has 0 aliphatic rings. The molecule has 0 saturated carbocycles. The Morgan fingerprint density at radius 1 is 0.882 bits per heavy atom. The third-order valence-electron chi connectivity index (χ3n) is 5.61. The van der Waals surface area contributed by atoms with Crippen LogP contribution in [0.25, 0.3) is 10.9 Å². The summed E-state index contributed by atoms with van der Waals surface area (Å²) in [4.78, 5) is 15.9. The number of H-pyrrole nitrogens is 1. The zero-order valence-corrected chi connectivity index (χ0v) is 20.7. The van der Waals surface area contributed by atoms with Crippen molar-refractivity contribution in [1.29, 1.82) is 0 Å². The molecule has 0 aliphatic heterocycles. The molecule has 0 bridgehead atoms. The molecule has 3 aromatic rings. The predicted molar refractivity (Wildman–Crippen MR) is 139 cm³/mol. The molecule has 0 spiro atoms. The first-order chi connectivity index (χ1) is 16.6. The Bertz CT molecular complexity index is 1110. The summed E-state index contributed by atoms with van der Waals surface area (Å²) in [5.74, 6) is 1.42. The van der Waals surface area contributed by atoms with Gasteiger partial charge in [-0.25, -0.2) is 0 Å². The monoisotopic (exact) mass is 463 g/mol. The molecule has 1 aromatic heterocycles. The standard InChI is InChI=1S/C29H37NO4/c1-4-5-6-7-8-12-18-32-28-27(33-19-17-22(2)3)25-16-15-24(20-26(25)30-29(28)31)34-21-23-13-10-9-11-14-23/h9-11,13-17,20H,4-8,12,18-19,21H2,1-3H3,(H,30,31). The number of unbranched alkanes of at least 4 members (excludes halogenated alkanes) is 5. The molecule has 5 heteroatoms. The van der Waals surface area contributed by atoms with Gasteiger partial charge < -0.3 is 19.2 Å². The summed E-state index contributed by atoms with van der Waals surface area (Å²) in [6.07, 6.45) is 8.95. The maximum atomic E-state index is 12.9. The zero-order valence-electron chi connectivity index (χ0n) is 20.7. The molecule has 3 rings (SSSR count). The second-order valence-electron chi connectivity index (χ2n) is 8.80. The van der Waals surface area contributed by atoms with Crippen molar-refractivity contribution >= 4 is 10.9 Å². The predicted octanol–water partition coefficient (Wildman–Crippen LogP) is 7.19. The number of pyridine rings is 1. The second kappa shape index (κ2) is 13.5. The number of rotatable bonds is 14. The molecular weight excluding hydrogens is 426 g/mol. The molecule has 0 atom stereocenters. The van der Waals surface area contributed by atoms with Gasteiger partial charge >= 0.3 is 0 Å². The molecule has 0 unspecified atom stereocenters. The number of hydrogen-bond donors (Lipinski definition) is 1. The lowest BCUT2D eigenvalue weighted by molar-refractivity contribution is 0.274. The van der Waals surface area contributed by atoms with E-state index in [1.807, 2.05) is 68.5 Å². The zero-order chi connectivity index (χ0) is 24.2. The van der Waals surface area contributed by atoms with Crippen LogP contribution in [-0.4, -0.2) is 18.2 Å². The van der Waals surface area contributed by atoms with Crippen molar-refractivity contribution in [3.63, 3.8) is 0 Å². The molecule has 5 nitrogen and oxygen atoms in total. The molecule has 182 valence electrons. The van der Waals surface area contributed by atoms with Crippen molar-refractivity contribution in [3.05, 3.63) is 76.1 Å². The lowest BCUT2D eigenvalue weighted by atomic mass is 10.1. The molecule has 0 fully saturated rings. The highest BCUT2D eigenvalue weighted by Crippen LogP contribution is 2.34. The van der Waals surface area contributed by atoms with Crippen molar-refractivity contribution in [3.8, 4) is 17.2 Å². The van der Waals surface area contributed by atoms with Gasteiger partial charge in [-0.3, -0.25) is 4.79 Å². The average Bonchev–Trinajstić information content (AvgIpc) is 2.83. The number of aromatic amines is 1. The number of ether oxygens (including phenoxy) is 3. The highest BCUT2D eigenvalue weighted by molar-refractivity contribution is 5.88. The summed E-state index contributed by atoms with van der Waals surface area (Å²) < 4.78 is 18.0. The quantitative estimate of drug-likeness (QED) is 0.203. The van der Waals surface area contributed by atoms with Crippen LogP contribution in [0.4, 0.5) is 0 Å². The Balaban J connectivity index is 1.78. The molecule has 0 radical (unpaired) electrons. The highest BCUT2D eigenvalue weighted by atomic mass is 16.5. The van der Waals surface area contributed by atoms with Gasteiger partial charge in [0.05, 0.1) is 12.1 Å². The largest absolute Gasteiger partial charge is 0.489 e. The first-order valence-electron chi connectivity index (χ1n) is 12.3. The highest BCUT2D eigenvalue weighted by Gasteiger charge is 2.16. The molecular formula is C29H37NO4. The second-order valence-corrected chi connectivity index (χ2v) is 8.80. The van der Waals surface area contributed by atoms with Gasteiger partial charge in [0, 0.05) is 11.5 Å². The Kier molecular flexibility index (Phi) is 10.1. The van der Waals surface area contributed by atoms with Gasteiger partial charge in [0.1, 0.15) is 19.0 Å². The Labute approximate surface area is 202 Å². The summed E-state index contributed by atoms with van der Waals surface area (Å²) in [6.45, 7) is 7.58. The number of fused-ring (bicyclic) bond motifs is 1. The van der Waals surface area contributed by atoms with Crippen LogP contribution in [0.2, 0.25) is 0 Å². The minimum Gasteiger partial charge on any atom is -0.489 e. The van der Waals surface area contributed by atoms with Crippen LogP contribution in [0.1, 0.15) is 64.9 Å². The summed E-state index contributed by atoms with van der Waals surface area (Å²) in [7, 11) is 0. The lowest BCUT2D eigenvalue weighted by Crippen LogP contribution is -2.15. The van der Waals surface area contributed by atoms with Crippen LogP contribution in [0, 0.1) is 0 Å². The summed E-state index contributed by atoms with van der Waals surface area (Å²) >= 11 is 0. The van der Waals surface area contributed by atoms with E-state index in [1.165, 1.54) is 25.7 Å². The SMILES string of the molecule is CCCCCCCCOc1c(OCC=C(C)C)c2ccc(OCc3ccccc3)cc2[nH]c1=O. The van der Waals surface area contributed by atoms with Crippen LogP contribution in [0.15, 0.2) is 65.0 Å². The number of aromatic nitrogens is 1. The van der Waals surface area contributed by atoms with E-state index in [9.17, 15) is 4.79 Å². The fourth-order valence-electron chi connectivity index (χ4n) is 3.68. The van der Waals surface area contributed by atoms with Crippen molar-refractivity contribution in [2.45, 2.75) is 65.9 Å². The van der Waals surface area contributed by atoms with E-state index in [4.69, 9.17) is 14.2 Å². The van der Waals surface area contributed by atoms with Gasteiger partial charge in [-0.1, -0.05) is 74.9 Å². The number of nitrogens with one attached hydrogen (secondary N) is 1. The lowest BCUT2D eigenvalue weighted by Gasteiger charge is -2.15. The summed E-state index contributed by atoms with van der Waals surface area (Å²) in [6, 6.07) is 15.6. The molecule has 1 heterocycles. The van der Waals surface area contributed by atoms with Gasteiger partial charge in [-0.2, -0.15) is 0 Å². The smallest absolute Gasteiger partial charge is 0.294 e. The van der Waals surface area contributed by atoms with E-state index < -0.39 is 0 Å². The van der Waals surface area contributed by atoms with Gasteiger partial charge in [0.15, 0.2) is 5.75 Å². The van der Waals surface area contributed by atoms with Crippen LogP contribution >= 0.6 is 0 Å². The maximum Gasteiger partial charge on any atom is 0.294 e. The third-order valence-corrected chi connectivity index (χ3v) is 5.61. The fourth-order valence-corrected chi connectivity index (χ4v) is 3.68.